The van der Waals surface area contributed by atoms with E-state index in [0.717, 1.165) is 50.3 Å². The first kappa shape index (κ1) is 27.2. The van der Waals surface area contributed by atoms with Crippen LogP contribution in [0.1, 0.15) is 27.4 Å². The third kappa shape index (κ3) is 6.12. The molecule has 1 aliphatic heterocycles. The van der Waals surface area contributed by atoms with Crippen molar-refractivity contribution in [2.45, 2.75) is 25.3 Å². The van der Waals surface area contributed by atoms with Gasteiger partial charge in [-0.2, -0.15) is 18.4 Å². The van der Waals surface area contributed by atoms with E-state index in [2.05, 4.69) is 16.0 Å². The number of aromatic nitrogens is 2. The molecule has 0 saturated carbocycles. The van der Waals surface area contributed by atoms with Crippen molar-refractivity contribution >= 4 is 17.4 Å². The number of methoxy groups -OCH3 is 1. The predicted octanol–water partition coefficient (Wildman–Crippen LogP) is 4.66. The Morgan fingerprint density at radius 1 is 1.21 bits per heavy atom. The fourth-order valence-electron chi connectivity index (χ4n) is 4.60. The number of imidazole rings is 1. The summed E-state index contributed by atoms with van der Waals surface area (Å²) in [5.74, 6) is 0.929. The van der Waals surface area contributed by atoms with Crippen molar-refractivity contribution in [3.63, 3.8) is 0 Å². The minimum atomic E-state index is -4.50. The van der Waals surface area contributed by atoms with Crippen molar-refractivity contribution in [2.75, 3.05) is 46.6 Å². The number of fused-ring (bicyclic) bond motifs is 1. The van der Waals surface area contributed by atoms with Crippen LogP contribution in [0.25, 0.3) is 11.1 Å². The number of halogens is 3. The van der Waals surface area contributed by atoms with Gasteiger partial charge in [0, 0.05) is 50.9 Å². The fraction of sp³-hybridized carbons (Fsp3) is 0.407. The maximum atomic E-state index is 13.4. The quantitative estimate of drug-likeness (QED) is 0.377. The van der Waals surface area contributed by atoms with Crippen molar-refractivity contribution in [3.8, 4) is 16.8 Å². The second-order valence-corrected chi connectivity index (χ2v) is 10.1. The van der Waals surface area contributed by atoms with Gasteiger partial charge >= 0.3 is 6.18 Å². The minimum Gasteiger partial charge on any atom is -0.494 e. The van der Waals surface area contributed by atoms with Crippen LogP contribution in [0.3, 0.4) is 0 Å². The van der Waals surface area contributed by atoms with Crippen LogP contribution in [0.4, 0.5) is 13.2 Å². The number of thiophene rings is 1. The molecule has 39 heavy (non-hydrogen) atoms. The zero-order valence-corrected chi connectivity index (χ0v) is 22.1. The summed E-state index contributed by atoms with van der Waals surface area (Å²) in [4.78, 5) is 7.08. The normalized spacial score (nSPS) is 17.8. The standard InChI is InChI=1S/C27H27F3N4O4S/c1-35-22-13-21-20(12-23(22)37-11-8-33-6-9-36-10-7-33)32-17-34(21)26-14-24(25(15-31)39-26)38-16-18-4-2-3-5-19(18)27(28,29)30/h2-5,12,14,17,22H,6-11,13,16H2,1H3. The summed E-state index contributed by atoms with van der Waals surface area (Å²) in [6.07, 6.45) is -0.774. The van der Waals surface area contributed by atoms with Crippen molar-refractivity contribution < 1.29 is 32.1 Å². The molecule has 0 radical (unpaired) electrons. The van der Waals surface area contributed by atoms with Gasteiger partial charge in [-0.05, 0) is 6.07 Å². The smallest absolute Gasteiger partial charge is 0.416 e. The van der Waals surface area contributed by atoms with Gasteiger partial charge in [0.25, 0.3) is 0 Å². The van der Waals surface area contributed by atoms with Crippen LogP contribution in [0.2, 0.25) is 0 Å². The summed E-state index contributed by atoms with van der Waals surface area (Å²) in [5.41, 5.74) is 0.846. The summed E-state index contributed by atoms with van der Waals surface area (Å²) in [7, 11) is 1.62. The van der Waals surface area contributed by atoms with Crippen molar-refractivity contribution in [3.05, 3.63) is 69.8 Å². The number of ether oxygens (including phenoxy) is 4. The second-order valence-electron chi connectivity index (χ2n) is 9.06. The first-order valence-corrected chi connectivity index (χ1v) is 13.2. The number of hydrogen-bond donors (Lipinski definition) is 0. The van der Waals surface area contributed by atoms with E-state index in [1.165, 1.54) is 29.5 Å². The van der Waals surface area contributed by atoms with Gasteiger partial charge in [0.1, 0.15) is 47.4 Å². The molecule has 1 aliphatic carbocycles. The fourth-order valence-corrected chi connectivity index (χ4v) is 5.50. The van der Waals surface area contributed by atoms with Crippen LogP contribution in [0.15, 0.2) is 42.4 Å². The molecule has 0 bridgehead atoms. The average molecular weight is 561 g/mol. The molecule has 2 aliphatic rings. The number of nitrogens with zero attached hydrogens (tertiary/aromatic N) is 4. The van der Waals surface area contributed by atoms with E-state index in [9.17, 15) is 18.4 Å². The van der Waals surface area contributed by atoms with Crippen molar-refractivity contribution in [2.24, 2.45) is 0 Å². The Balaban J connectivity index is 1.32. The molecule has 2 aromatic heterocycles. The zero-order valence-electron chi connectivity index (χ0n) is 21.2. The molecule has 206 valence electrons. The molecule has 12 heteroatoms. The van der Waals surface area contributed by atoms with Crippen molar-refractivity contribution in [1.82, 2.24) is 14.5 Å². The van der Waals surface area contributed by atoms with Gasteiger partial charge in [0.15, 0.2) is 5.75 Å². The largest absolute Gasteiger partial charge is 0.494 e. The molecule has 1 unspecified atom stereocenters. The Kier molecular flexibility index (Phi) is 8.23. The lowest BCUT2D eigenvalue weighted by atomic mass is 10.0. The number of hydrogen-bond acceptors (Lipinski definition) is 8. The van der Waals surface area contributed by atoms with E-state index >= 15 is 0 Å². The second kappa shape index (κ2) is 11.8. The van der Waals surface area contributed by atoms with Gasteiger partial charge in [-0.3, -0.25) is 9.47 Å². The van der Waals surface area contributed by atoms with E-state index in [4.69, 9.17) is 18.9 Å². The van der Waals surface area contributed by atoms with Gasteiger partial charge in [0.2, 0.25) is 0 Å². The number of benzene rings is 1. The molecule has 1 fully saturated rings. The summed E-state index contributed by atoms with van der Waals surface area (Å²) in [6, 6.07) is 8.98. The molecule has 3 aromatic rings. The maximum absolute atomic E-state index is 13.4. The summed E-state index contributed by atoms with van der Waals surface area (Å²) in [6.45, 7) is 4.23. The van der Waals surface area contributed by atoms with Gasteiger partial charge in [-0.1, -0.05) is 18.2 Å². The van der Waals surface area contributed by atoms with Crippen molar-refractivity contribution in [1.29, 1.82) is 5.26 Å². The molecule has 0 amide bonds. The van der Waals surface area contributed by atoms with E-state index in [0.29, 0.717) is 23.8 Å². The van der Waals surface area contributed by atoms with Crippen LogP contribution in [-0.2, 0) is 33.4 Å². The third-order valence-corrected chi connectivity index (χ3v) is 7.69. The maximum Gasteiger partial charge on any atom is 0.416 e. The Morgan fingerprint density at radius 2 is 2.00 bits per heavy atom. The van der Waals surface area contributed by atoms with E-state index in [-0.39, 0.29) is 28.9 Å². The minimum absolute atomic E-state index is 0.00382. The van der Waals surface area contributed by atoms with Gasteiger partial charge in [0.05, 0.1) is 30.2 Å². The molecular formula is C27H27F3N4O4S. The average Bonchev–Trinajstić information content (AvgIpc) is 3.55. The van der Waals surface area contributed by atoms with Crippen LogP contribution < -0.4 is 4.74 Å². The number of alkyl halides is 3. The van der Waals surface area contributed by atoms with Gasteiger partial charge in [-0.15, -0.1) is 11.3 Å². The van der Waals surface area contributed by atoms with Crippen LogP contribution >= 0.6 is 11.3 Å². The molecular weight excluding hydrogens is 533 g/mol. The lowest BCUT2D eigenvalue weighted by Crippen LogP contribution is -2.38. The lowest BCUT2D eigenvalue weighted by Gasteiger charge is -2.28. The highest BCUT2D eigenvalue weighted by atomic mass is 32.1. The molecule has 3 heterocycles. The number of morpholine rings is 1. The molecule has 1 saturated heterocycles. The molecule has 8 nitrogen and oxygen atoms in total. The summed E-state index contributed by atoms with van der Waals surface area (Å²) >= 11 is 1.18. The summed E-state index contributed by atoms with van der Waals surface area (Å²) < 4.78 is 64.8. The highest BCUT2D eigenvalue weighted by Gasteiger charge is 2.33. The molecule has 1 atom stereocenters. The predicted molar refractivity (Wildman–Crippen MR) is 138 cm³/mol. The Labute approximate surface area is 227 Å². The Bertz CT molecular complexity index is 1370. The van der Waals surface area contributed by atoms with Gasteiger partial charge in [-0.25, -0.2) is 4.98 Å². The lowest BCUT2D eigenvalue weighted by molar-refractivity contribution is -0.138. The van der Waals surface area contributed by atoms with E-state index in [1.54, 1.807) is 19.5 Å². The Morgan fingerprint density at radius 3 is 2.74 bits per heavy atom. The highest BCUT2D eigenvalue weighted by Crippen LogP contribution is 2.37. The van der Waals surface area contributed by atoms with Crippen LogP contribution in [0.5, 0.6) is 5.75 Å². The SMILES string of the molecule is COC1Cc2c(ncn2-c2cc(OCc3ccccc3C(F)(F)F)c(C#N)s2)C=C1OCCN1CCOCC1. The molecule has 0 spiro atoms. The molecule has 5 rings (SSSR count). The van der Waals surface area contributed by atoms with Crippen LogP contribution in [-0.4, -0.2) is 67.1 Å². The van der Waals surface area contributed by atoms with E-state index in [1.807, 2.05) is 10.6 Å². The molecule has 1 aromatic carbocycles. The first-order chi connectivity index (χ1) is 18.9. The number of rotatable bonds is 9. The topological polar surface area (TPSA) is 81.8 Å². The molecule has 0 N–H and O–H groups in total. The Hall–Kier alpha value is -3.37. The highest BCUT2D eigenvalue weighted by molar-refractivity contribution is 7.15. The van der Waals surface area contributed by atoms with Crippen LogP contribution in [0, 0.1) is 11.3 Å². The zero-order chi connectivity index (χ0) is 27.4. The number of nitriles is 1. The third-order valence-electron chi connectivity index (χ3n) is 6.67. The van der Waals surface area contributed by atoms with E-state index < -0.39 is 11.7 Å². The summed E-state index contributed by atoms with van der Waals surface area (Å²) in [5, 5.41) is 10.3. The first-order valence-electron chi connectivity index (χ1n) is 12.4. The monoisotopic (exact) mass is 560 g/mol. The van der Waals surface area contributed by atoms with Gasteiger partial charge < -0.3 is 18.9 Å².